The van der Waals surface area contributed by atoms with Gasteiger partial charge in [0.25, 0.3) is 0 Å². The van der Waals surface area contributed by atoms with Gasteiger partial charge in [0.2, 0.25) is 16.9 Å². The third-order valence-electron chi connectivity index (χ3n) is 4.04. The van der Waals surface area contributed by atoms with Crippen molar-refractivity contribution < 1.29 is 9.59 Å². The molecule has 134 valence electrons. The average molecular weight is 379 g/mol. The van der Waals surface area contributed by atoms with Gasteiger partial charge in [-0.05, 0) is 23.4 Å². The molecule has 1 N–H and O–H groups in total. The van der Waals surface area contributed by atoms with E-state index in [0.29, 0.717) is 11.7 Å². The summed E-state index contributed by atoms with van der Waals surface area (Å²) in [5.74, 6) is -0.169. The lowest BCUT2D eigenvalue weighted by atomic mass is 9.98. The first-order chi connectivity index (χ1) is 11.8. The smallest absolute Gasteiger partial charge is 0.226 e. The second-order valence-electron chi connectivity index (χ2n) is 7.14. The Morgan fingerprint density at radius 2 is 2.08 bits per heavy atom. The van der Waals surface area contributed by atoms with Crippen LogP contribution < -0.4 is 5.32 Å². The molecule has 0 fully saturated rings. The molecule has 0 saturated carbocycles. The van der Waals surface area contributed by atoms with E-state index >= 15 is 0 Å². The summed E-state index contributed by atoms with van der Waals surface area (Å²) in [4.78, 5) is 27.6. The van der Waals surface area contributed by atoms with Crippen LogP contribution in [0.4, 0.5) is 5.13 Å². The van der Waals surface area contributed by atoms with Crippen molar-refractivity contribution in [2.24, 2.45) is 0 Å². The van der Waals surface area contributed by atoms with Gasteiger partial charge in [0, 0.05) is 36.2 Å². The van der Waals surface area contributed by atoms with Crippen LogP contribution in [0.5, 0.6) is 0 Å². The number of nitrogens with zero attached hydrogens (tertiary/aromatic N) is 3. The van der Waals surface area contributed by atoms with E-state index in [1.54, 1.807) is 11.3 Å². The molecule has 1 aliphatic heterocycles. The minimum atomic E-state index is -0.196. The molecule has 0 spiro atoms. The summed E-state index contributed by atoms with van der Waals surface area (Å²) in [6.45, 7) is 7.55. The molecule has 0 atom stereocenters. The Morgan fingerprint density at radius 1 is 1.28 bits per heavy atom. The Kier molecular flexibility index (Phi) is 5.19. The zero-order chi connectivity index (χ0) is 18.0. The lowest BCUT2D eigenvalue weighted by Gasteiger charge is -2.27. The normalized spacial score (nSPS) is 14.3. The first-order valence-electron chi connectivity index (χ1n) is 8.30. The van der Waals surface area contributed by atoms with Gasteiger partial charge in [-0.3, -0.25) is 9.59 Å². The maximum absolute atomic E-state index is 12.3. The van der Waals surface area contributed by atoms with E-state index in [-0.39, 0.29) is 30.1 Å². The van der Waals surface area contributed by atoms with Crippen molar-refractivity contribution >= 4 is 39.6 Å². The van der Waals surface area contributed by atoms with Gasteiger partial charge in [-0.15, -0.1) is 21.5 Å². The van der Waals surface area contributed by atoms with Crippen LogP contribution in [0.2, 0.25) is 0 Å². The van der Waals surface area contributed by atoms with Gasteiger partial charge in [0.05, 0.1) is 0 Å². The number of fused-ring (bicyclic) bond motifs is 1. The van der Waals surface area contributed by atoms with E-state index in [0.717, 1.165) is 18.0 Å². The van der Waals surface area contributed by atoms with E-state index in [1.807, 2.05) is 4.90 Å². The minimum absolute atomic E-state index is 0.0274. The lowest BCUT2D eigenvalue weighted by Crippen LogP contribution is -2.35. The minimum Gasteiger partial charge on any atom is -0.338 e. The van der Waals surface area contributed by atoms with E-state index in [1.165, 1.54) is 21.8 Å². The summed E-state index contributed by atoms with van der Waals surface area (Å²) in [6, 6.07) is 2.08. The molecule has 8 heteroatoms. The largest absolute Gasteiger partial charge is 0.338 e. The maximum Gasteiger partial charge on any atom is 0.226 e. The molecule has 6 nitrogen and oxygen atoms in total. The number of amides is 2. The zero-order valence-corrected chi connectivity index (χ0v) is 16.3. The van der Waals surface area contributed by atoms with Crippen molar-refractivity contribution in [3.8, 4) is 0 Å². The first kappa shape index (κ1) is 18.0. The number of hydrogen-bond donors (Lipinski definition) is 1. The van der Waals surface area contributed by atoms with Crippen LogP contribution in [-0.2, 0) is 28.0 Å². The summed E-state index contributed by atoms with van der Waals surface area (Å²) in [6.07, 6.45) is 1.29. The average Bonchev–Trinajstić information content (AvgIpc) is 3.20. The van der Waals surface area contributed by atoms with Gasteiger partial charge >= 0.3 is 0 Å². The summed E-state index contributed by atoms with van der Waals surface area (Å²) < 4.78 is 0. The summed E-state index contributed by atoms with van der Waals surface area (Å²) in [5, 5.41) is 14.3. The molecule has 25 heavy (non-hydrogen) atoms. The first-order valence-corrected chi connectivity index (χ1v) is 9.99. The van der Waals surface area contributed by atoms with Crippen molar-refractivity contribution in [1.82, 2.24) is 15.1 Å². The van der Waals surface area contributed by atoms with Crippen LogP contribution in [0.3, 0.4) is 0 Å². The summed E-state index contributed by atoms with van der Waals surface area (Å²) >= 11 is 3.12. The molecule has 2 amide bonds. The van der Waals surface area contributed by atoms with Crippen LogP contribution in [0.1, 0.15) is 49.1 Å². The zero-order valence-electron chi connectivity index (χ0n) is 14.7. The topological polar surface area (TPSA) is 75.2 Å². The Hall–Kier alpha value is -1.80. The molecule has 0 aromatic carbocycles. The van der Waals surface area contributed by atoms with Gasteiger partial charge in [-0.2, -0.15) is 0 Å². The fraction of sp³-hybridized carbons (Fsp3) is 0.529. The number of thiophene rings is 1. The second kappa shape index (κ2) is 7.21. The third kappa shape index (κ3) is 4.43. The van der Waals surface area contributed by atoms with Gasteiger partial charge < -0.3 is 10.2 Å². The molecule has 0 unspecified atom stereocenters. The molecule has 0 bridgehead atoms. The summed E-state index contributed by atoms with van der Waals surface area (Å²) in [5.41, 5.74) is 1.14. The van der Waals surface area contributed by atoms with Crippen molar-refractivity contribution in [2.45, 2.75) is 52.0 Å². The van der Waals surface area contributed by atoms with Gasteiger partial charge in [-0.25, -0.2) is 0 Å². The molecule has 0 saturated heterocycles. The predicted molar refractivity (Wildman–Crippen MR) is 99.9 cm³/mol. The molecule has 0 aliphatic carbocycles. The molecule has 2 aromatic heterocycles. The highest BCUT2D eigenvalue weighted by Gasteiger charge is 2.23. The number of nitrogens with one attached hydrogen (secondary N) is 1. The second-order valence-corrected chi connectivity index (χ2v) is 9.12. The van der Waals surface area contributed by atoms with Crippen molar-refractivity contribution in [1.29, 1.82) is 0 Å². The number of aromatic nitrogens is 2. The number of carbonyl (C=O) groups excluding carboxylic acids is 2. The van der Waals surface area contributed by atoms with Crippen molar-refractivity contribution in [2.75, 3.05) is 11.9 Å². The Labute approximate surface area is 155 Å². The SMILES string of the molecule is CC(C)(C)c1nnc(NC(=O)CCC(=O)N2CCc3sccc3C2)s1. The van der Waals surface area contributed by atoms with Crippen LogP contribution in [0.25, 0.3) is 0 Å². The van der Waals surface area contributed by atoms with Gasteiger partial charge in [-0.1, -0.05) is 32.1 Å². The van der Waals surface area contributed by atoms with Crippen LogP contribution in [-0.4, -0.2) is 33.5 Å². The van der Waals surface area contributed by atoms with Gasteiger partial charge in [0.1, 0.15) is 5.01 Å². The predicted octanol–water partition coefficient (Wildman–Crippen LogP) is 3.20. The lowest BCUT2D eigenvalue weighted by molar-refractivity contribution is -0.133. The Morgan fingerprint density at radius 3 is 2.80 bits per heavy atom. The van der Waals surface area contributed by atoms with Crippen LogP contribution >= 0.6 is 22.7 Å². The fourth-order valence-electron chi connectivity index (χ4n) is 2.60. The molecular weight excluding hydrogens is 356 g/mol. The molecular formula is C17H22N4O2S2. The van der Waals surface area contributed by atoms with Crippen molar-refractivity contribution in [3.63, 3.8) is 0 Å². The maximum atomic E-state index is 12.3. The van der Waals surface area contributed by atoms with E-state index in [9.17, 15) is 9.59 Å². The molecule has 3 heterocycles. The van der Waals surface area contributed by atoms with E-state index in [4.69, 9.17) is 0 Å². The Balaban J connectivity index is 1.48. The summed E-state index contributed by atoms with van der Waals surface area (Å²) in [7, 11) is 0. The molecule has 3 rings (SSSR count). The highest BCUT2D eigenvalue weighted by molar-refractivity contribution is 7.15. The number of rotatable bonds is 4. The fourth-order valence-corrected chi connectivity index (χ4v) is 4.31. The number of hydrogen-bond acceptors (Lipinski definition) is 6. The number of carbonyl (C=O) groups is 2. The molecule has 2 aromatic rings. The monoisotopic (exact) mass is 378 g/mol. The van der Waals surface area contributed by atoms with Crippen molar-refractivity contribution in [3.05, 3.63) is 26.9 Å². The molecule has 1 aliphatic rings. The molecule has 0 radical (unpaired) electrons. The van der Waals surface area contributed by atoms with Crippen LogP contribution in [0.15, 0.2) is 11.4 Å². The highest BCUT2D eigenvalue weighted by atomic mass is 32.1. The van der Waals surface area contributed by atoms with E-state index < -0.39 is 0 Å². The third-order valence-corrected chi connectivity index (χ3v) is 6.33. The quantitative estimate of drug-likeness (QED) is 0.886. The number of anilines is 1. The Bertz CT molecular complexity index is 776. The highest BCUT2D eigenvalue weighted by Crippen LogP contribution is 2.28. The van der Waals surface area contributed by atoms with E-state index in [2.05, 4.69) is 47.7 Å². The van der Waals surface area contributed by atoms with Gasteiger partial charge in [0.15, 0.2) is 0 Å². The van der Waals surface area contributed by atoms with Crippen LogP contribution in [0, 0.1) is 0 Å². The standard InChI is InChI=1S/C17H22N4O2S2/c1-17(2,3)15-19-20-16(25-15)18-13(22)4-5-14(23)21-8-6-12-11(10-21)7-9-24-12/h7,9H,4-6,8,10H2,1-3H3,(H,18,20,22).